The number of nitrogens with zero attached hydrogens (tertiary/aromatic N) is 2. The van der Waals surface area contributed by atoms with E-state index in [2.05, 4.69) is 35.3 Å². The predicted octanol–water partition coefficient (Wildman–Crippen LogP) is 3.93. The first-order chi connectivity index (χ1) is 13.2. The van der Waals surface area contributed by atoms with Crippen LogP contribution in [-0.4, -0.2) is 35.1 Å². The zero-order chi connectivity index (χ0) is 18.8. The third kappa shape index (κ3) is 3.13. The topological polar surface area (TPSA) is 76.6 Å². The van der Waals surface area contributed by atoms with Crippen LogP contribution in [0.15, 0.2) is 29.4 Å². The second-order valence-corrected chi connectivity index (χ2v) is 7.02. The first-order valence-electron chi connectivity index (χ1n) is 9.76. The molecule has 142 valence electrons. The molecular weight excluding hydrogens is 342 g/mol. The highest BCUT2D eigenvalue weighted by molar-refractivity contribution is 6.06. The van der Waals surface area contributed by atoms with E-state index < -0.39 is 5.92 Å². The van der Waals surface area contributed by atoms with E-state index in [0.717, 1.165) is 54.1 Å². The summed E-state index contributed by atoms with van der Waals surface area (Å²) >= 11 is 0. The predicted molar refractivity (Wildman–Crippen MR) is 103 cm³/mol. The molecule has 2 aliphatic rings. The van der Waals surface area contributed by atoms with Crippen LogP contribution in [-0.2, 0) is 16.0 Å². The number of aromatic nitrogens is 2. The average molecular weight is 367 g/mol. The molecule has 0 saturated heterocycles. The summed E-state index contributed by atoms with van der Waals surface area (Å²) in [5, 5.41) is 7.19. The highest BCUT2D eigenvalue weighted by Crippen LogP contribution is 2.47. The number of benzene rings is 1. The summed E-state index contributed by atoms with van der Waals surface area (Å²) in [6, 6.07) is 6.22. The minimum Gasteiger partial charge on any atom is -0.493 e. The molecule has 6 heteroatoms. The van der Waals surface area contributed by atoms with E-state index in [1.165, 1.54) is 5.56 Å². The van der Waals surface area contributed by atoms with Crippen LogP contribution in [0.4, 0.5) is 5.82 Å². The Morgan fingerprint density at radius 3 is 3.04 bits per heavy atom. The fourth-order valence-electron chi connectivity index (χ4n) is 4.17. The quantitative estimate of drug-likeness (QED) is 0.812. The highest BCUT2D eigenvalue weighted by atomic mass is 16.5. The Balaban J connectivity index is 1.88. The molecule has 0 amide bonds. The van der Waals surface area contributed by atoms with Crippen LogP contribution in [0.3, 0.4) is 0 Å². The van der Waals surface area contributed by atoms with E-state index >= 15 is 0 Å². The fraction of sp³-hybridized carbons (Fsp3) is 0.476. The Morgan fingerprint density at radius 2 is 2.22 bits per heavy atom. The second kappa shape index (κ2) is 7.55. The number of aromatic amines is 1. The molecule has 2 unspecified atom stereocenters. The second-order valence-electron chi connectivity index (χ2n) is 7.02. The van der Waals surface area contributed by atoms with E-state index in [-0.39, 0.29) is 11.9 Å². The lowest BCUT2D eigenvalue weighted by Crippen LogP contribution is -2.35. The van der Waals surface area contributed by atoms with E-state index in [4.69, 9.17) is 14.5 Å². The molecule has 2 atom stereocenters. The first kappa shape index (κ1) is 17.8. The van der Waals surface area contributed by atoms with Crippen LogP contribution in [0.5, 0.6) is 5.75 Å². The molecule has 2 aliphatic heterocycles. The third-order valence-electron chi connectivity index (χ3n) is 5.28. The summed E-state index contributed by atoms with van der Waals surface area (Å²) in [7, 11) is 0. The zero-order valence-corrected chi connectivity index (χ0v) is 15.8. The van der Waals surface area contributed by atoms with Crippen molar-refractivity contribution in [1.29, 1.82) is 0 Å². The summed E-state index contributed by atoms with van der Waals surface area (Å²) in [6.45, 7) is 4.98. The lowest BCUT2D eigenvalue weighted by atomic mass is 9.75. The van der Waals surface area contributed by atoms with Crippen molar-refractivity contribution in [2.75, 3.05) is 13.2 Å². The van der Waals surface area contributed by atoms with Crippen LogP contribution in [0, 0.1) is 5.92 Å². The van der Waals surface area contributed by atoms with Gasteiger partial charge < -0.3 is 9.47 Å². The number of H-pyrrole nitrogens is 1. The smallest absolute Gasteiger partial charge is 0.315 e. The van der Waals surface area contributed by atoms with Crippen molar-refractivity contribution in [1.82, 2.24) is 10.2 Å². The van der Waals surface area contributed by atoms with Gasteiger partial charge in [0.15, 0.2) is 5.82 Å². The number of nitrogens with one attached hydrogen (secondary N) is 1. The number of carbonyl (C=O) groups is 1. The number of aryl methyl sites for hydroxylation is 1. The van der Waals surface area contributed by atoms with Crippen LogP contribution in [0.2, 0.25) is 0 Å². The fourth-order valence-corrected chi connectivity index (χ4v) is 4.17. The summed E-state index contributed by atoms with van der Waals surface area (Å²) < 4.78 is 11.5. The van der Waals surface area contributed by atoms with E-state index in [1.807, 2.05) is 6.92 Å². The maximum absolute atomic E-state index is 13.0. The van der Waals surface area contributed by atoms with Crippen LogP contribution < -0.4 is 4.74 Å². The number of ether oxygens (including phenoxy) is 2. The Labute approximate surface area is 159 Å². The van der Waals surface area contributed by atoms with Crippen molar-refractivity contribution in [3.05, 3.63) is 41.1 Å². The number of carbonyl (C=O) groups excluding carboxylic acids is 1. The summed E-state index contributed by atoms with van der Waals surface area (Å²) in [5.74, 6) is 0.761. The zero-order valence-electron chi connectivity index (χ0n) is 15.8. The maximum Gasteiger partial charge on any atom is 0.315 e. The number of hydrogen-bond acceptors (Lipinski definition) is 5. The monoisotopic (exact) mass is 367 g/mol. The largest absolute Gasteiger partial charge is 0.493 e. The molecule has 6 nitrogen and oxygen atoms in total. The lowest BCUT2D eigenvalue weighted by molar-refractivity contribution is -0.146. The molecule has 0 bridgehead atoms. The summed E-state index contributed by atoms with van der Waals surface area (Å²) in [5.41, 5.74) is 4.00. The third-order valence-corrected chi connectivity index (χ3v) is 5.28. The van der Waals surface area contributed by atoms with Gasteiger partial charge in [0.1, 0.15) is 11.7 Å². The normalized spacial score (nSPS) is 20.9. The Hall–Kier alpha value is -2.63. The van der Waals surface area contributed by atoms with Crippen LogP contribution in [0.25, 0.3) is 0 Å². The molecule has 27 heavy (non-hydrogen) atoms. The van der Waals surface area contributed by atoms with Crippen molar-refractivity contribution < 1.29 is 14.3 Å². The average Bonchev–Trinajstić information content (AvgIpc) is 3.15. The molecule has 0 saturated carbocycles. The Bertz CT molecular complexity index is 871. The van der Waals surface area contributed by atoms with Crippen molar-refractivity contribution in [2.45, 2.75) is 45.4 Å². The van der Waals surface area contributed by atoms with Gasteiger partial charge in [0.25, 0.3) is 0 Å². The van der Waals surface area contributed by atoms with Gasteiger partial charge in [0, 0.05) is 22.8 Å². The molecule has 1 aromatic heterocycles. The van der Waals surface area contributed by atoms with Crippen LogP contribution in [0.1, 0.15) is 55.7 Å². The highest BCUT2D eigenvalue weighted by Gasteiger charge is 2.42. The van der Waals surface area contributed by atoms with E-state index in [9.17, 15) is 4.79 Å². The van der Waals surface area contributed by atoms with Gasteiger partial charge in [0.05, 0.1) is 19.4 Å². The van der Waals surface area contributed by atoms with Crippen molar-refractivity contribution in [3.8, 4) is 5.75 Å². The number of rotatable bonds is 5. The minimum atomic E-state index is -0.452. The number of aliphatic imine (C=N–C) groups is 1. The number of fused-ring (bicyclic) bond motifs is 2. The number of hydrogen-bond donors (Lipinski definition) is 1. The Kier molecular flexibility index (Phi) is 4.97. The molecule has 0 aliphatic carbocycles. The molecule has 0 radical (unpaired) electrons. The molecule has 4 rings (SSSR count). The molecule has 3 heterocycles. The minimum absolute atomic E-state index is 0.204. The Morgan fingerprint density at radius 1 is 1.33 bits per heavy atom. The maximum atomic E-state index is 13.0. The standard InChI is InChI=1S/C21H25N3O3/c1-3-7-16-18(21(25)26-4-2)17(15-12-22-24-20(15)23-16)14-10-5-8-13-9-6-11-27-19(13)14/h5,8,10,12,17-18H,3-4,6-7,9,11H2,1-2H3,(H,22,24). The van der Waals surface area contributed by atoms with Gasteiger partial charge in [-0.25, -0.2) is 4.99 Å². The van der Waals surface area contributed by atoms with Gasteiger partial charge in [-0.15, -0.1) is 0 Å². The summed E-state index contributed by atoms with van der Waals surface area (Å²) in [6.07, 6.45) is 5.44. The molecule has 1 aromatic carbocycles. The van der Waals surface area contributed by atoms with Crippen LogP contribution >= 0.6 is 0 Å². The number of esters is 1. The lowest BCUT2D eigenvalue weighted by Gasteiger charge is -2.32. The van der Waals surface area contributed by atoms with Crippen molar-refractivity contribution in [2.24, 2.45) is 10.9 Å². The van der Waals surface area contributed by atoms with Crippen molar-refractivity contribution in [3.63, 3.8) is 0 Å². The van der Waals surface area contributed by atoms with Gasteiger partial charge >= 0.3 is 5.97 Å². The van der Waals surface area contributed by atoms with Gasteiger partial charge in [-0.2, -0.15) is 5.10 Å². The molecule has 0 fully saturated rings. The molecular formula is C21H25N3O3. The first-order valence-corrected chi connectivity index (χ1v) is 9.76. The van der Waals surface area contributed by atoms with Gasteiger partial charge in [-0.3, -0.25) is 9.89 Å². The molecule has 2 aromatic rings. The van der Waals surface area contributed by atoms with Gasteiger partial charge in [-0.05, 0) is 31.7 Å². The van der Waals surface area contributed by atoms with Gasteiger partial charge in [0.2, 0.25) is 0 Å². The molecule has 1 N–H and O–H groups in total. The molecule has 0 spiro atoms. The van der Waals surface area contributed by atoms with E-state index in [0.29, 0.717) is 13.2 Å². The number of para-hydroxylation sites is 1. The van der Waals surface area contributed by atoms with Crippen molar-refractivity contribution >= 4 is 17.5 Å². The van der Waals surface area contributed by atoms with E-state index in [1.54, 1.807) is 6.20 Å². The summed E-state index contributed by atoms with van der Waals surface area (Å²) in [4.78, 5) is 17.7. The SMILES string of the molecule is CCCC1=Nc2[nH]ncc2C(c2cccc3c2OCCC3)C1C(=O)OCC. The van der Waals surface area contributed by atoms with Gasteiger partial charge in [-0.1, -0.05) is 31.5 Å².